The first-order valence-electron chi connectivity index (χ1n) is 5.88. The maximum absolute atomic E-state index is 12.1. The number of nitrogens with one attached hydrogen (secondary N) is 1. The van der Waals surface area contributed by atoms with Crippen LogP contribution < -0.4 is 11.1 Å². The van der Waals surface area contributed by atoms with Crippen molar-refractivity contribution in [2.75, 3.05) is 20.1 Å². The highest BCUT2D eigenvalue weighted by Gasteiger charge is 2.36. The second kappa shape index (κ2) is 5.73. The summed E-state index contributed by atoms with van der Waals surface area (Å²) in [5, 5.41) is 3.19. The second-order valence-corrected chi connectivity index (χ2v) is 5.02. The Bertz CT molecular complexity index is 271. The van der Waals surface area contributed by atoms with Crippen molar-refractivity contribution >= 4 is 5.91 Å². The van der Waals surface area contributed by atoms with Gasteiger partial charge >= 0.3 is 0 Å². The third kappa shape index (κ3) is 4.95. The van der Waals surface area contributed by atoms with Crippen molar-refractivity contribution < 1.29 is 13.6 Å². The maximum Gasteiger partial charge on any atom is 0.251 e. The third-order valence-electron chi connectivity index (χ3n) is 3.09. The standard InChI is InChI=1S/C11H21F2N3O/c1-11(10(14)17,15-8-3-4-8)5-6-16(2)7-9(12)13/h8-9,15H,3-7H2,1-2H3,(H2,14,17). The van der Waals surface area contributed by atoms with Crippen LogP contribution in [-0.2, 0) is 4.79 Å². The average molecular weight is 249 g/mol. The molecule has 1 atom stereocenters. The van der Waals surface area contributed by atoms with Crippen molar-refractivity contribution in [2.45, 2.75) is 44.2 Å². The molecule has 100 valence electrons. The van der Waals surface area contributed by atoms with Gasteiger partial charge in [0.15, 0.2) is 0 Å². The van der Waals surface area contributed by atoms with Crippen molar-refractivity contribution in [3.05, 3.63) is 0 Å². The largest absolute Gasteiger partial charge is 0.368 e. The van der Waals surface area contributed by atoms with Crippen molar-refractivity contribution in [3.8, 4) is 0 Å². The number of carbonyl (C=O) groups excluding carboxylic acids is 1. The van der Waals surface area contributed by atoms with Crippen molar-refractivity contribution in [2.24, 2.45) is 5.73 Å². The van der Waals surface area contributed by atoms with E-state index in [0.29, 0.717) is 19.0 Å². The third-order valence-corrected chi connectivity index (χ3v) is 3.09. The van der Waals surface area contributed by atoms with Gasteiger partial charge in [-0.05, 0) is 33.2 Å². The van der Waals surface area contributed by atoms with E-state index in [1.807, 2.05) is 0 Å². The fourth-order valence-electron chi connectivity index (χ4n) is 1.69. The molecule has 1 amide bonds. The zero-order chi connectivity index (χ0) is 13.1. The lowest BCUT2D eigenvalue weighted by Gasteiger charge is -2.29. The summed E-state index contributed by atoms with van der Waals surface area (Å²) in [6, 6.07) is 0.355. The lowest BCUT2D eigenvalue weighted by atomic mass is 9.96. The van der Waals surface area contributed by atoms with Crippen molar-refractivity contribution in [1.82, 2.24) is 10.2 Å². The van der Waals surface area contributed by atoms with Crippen LogP contribution in [0.25, 0.3) is 0 Å². The molecule has 0 aromatic rings. The summed E-state index contributed by atoms with van der Waals surface area (Å²) in [5.41, 5.74) is 4.57. The van der Waals surface area contributed by atoms with E-state index in [0.717, 1.165) is 12.8 Å². The van der Waals surface area contributed by atoms with Crippen LogP contribution in [0.15, 0.2) is 0 Å². The highest BCUT2D eigenvalue weighted by Crippen LogP contribution is 2.24. The molecule has 4 nitrogen and oxygen atoms in total. The van der Waals surface area contributed by atoms with Gasteiger partial charge in [0.2, 0.25) is 5.91 Å². The van der Waals surface area contributed by atoms with Crippen LogP contribution in [-0.4, -0.2) is 49.0 Å². The number of hydrogen-bond acceptors (Lipinski definition) is 3. The Morgan fingerprint density at radius 1 is 1.59 bits per heavy atom. The summed E-state index contributed by atoms with van der Waals surface area (Å²) in [7, 11) is 1.62. The van der Waals surface area contributed by atoms with Crippen molar-refractivity contribution in [1.29, 1.82) is 0 Å². The minimum absolute atomic E-state index is 0.279. The number of nitrogens with two attached hydrogens (primary N) is 1. The first kappa shape index (κ1) is 14.3. The normalized spacial score (nSPS) is 19.6. The van der Waals surface area contributed by atoms with Gasteiger partial charge in [-0.1, -0.05) is 0 Å². The topological polar surface area (TPSA) is 58.4 Å². The van der Waals surface area contributed by atoms with E-state index in [-0.39, 0.29) is 6.54 Å². The van der Waals surface area contributed by atoms with Gasteiger partial charge in [-0.25, -0.2) is 8.78 Å². The lowest BCUT2D eigenvalue weighted by Crippen LogP contribution is -2.55. The quantitative estimate of drug-likeness (QED) is 0.661. The Balaban J connectivity index is 2.40. The van der Waals surface area contributed by atoms with Gasteiger partial charge in [-0.3, -0.25) is 4.79 Å². The van der Waals surface area contributed by atoms with Crippen LogP contribution in [0.3, 0.4) is 0 Å². The van der Waals surface area contributed by atoms with Gasteiger partial charge < -0.3 is 16.0 Å². The molecule has 0 aromatic heterocycles. The van der Waals surface area contributed by atoms with Crippen LogP contribution in [0.2, 0.25) is 0 Å². The predicted molar refractivity (Wildman–Crippen MR) is 61.9 cm³/mol. The van der Waals surface area contributed by atoms with E-state index < -0.39 is 17.9 Å². The van der Waals surface area contributed by atoms with Gasteiger partial charge in [0, 0.05) is 12.6 Å². The molecule has 0 spiro atoms. The number of halogens is 2. The number of alkyl halides is 2. The van der Waals surface area contributed by atoms with Crippen LogP contribution in [0.5, 0.6) is 0 Å². The molecular weight excluding hydrogens is 228 g/mol. The molecule has 1 unspecified atom stereocenters. The first-order valence-corrected chi connectivity index (χ1v) is 5.88. The Kier molecular flexibility index (Phi) is 4.82. The van der Waals surface area contributed by atoms with E-state index in [2.05, 4.69) is 5.32 Å². The zero-order valence-corrected chi connectivity index (χ0v) is 10.4. The molecule has 0 radical (unpaired) electrons. The summed E-state index contributed by atoms with van der Waals surface area (Å²) < 4.78 is 24.3. The van der Waals surface area contributed by atoms with Gasteiger partial charge in [-0.15, -0.1) is 0 Å². The average Bonchev–Trinajstić information content (AvgIpc) is 2.97. The summed E-state index contributed by atoms with van der Waals surface area (Å²) in [4.78, 5) is 12.9. The number of nitrogens with zero attached hydrogens (tertiary/aromatic N) is 1. The number of amides is 1. The van der Waals surface area contributed by atoms with E-state index in [1.54, 1.807) is 14.0 Å². The Hall–Kier alpha value is -0.750. The summed E-state index contributed by atoms with van der Waals surface area (Å²) in [6.07, 6.45) is 0.198. The van der Waals surface area contributed by atoms with Crippen LogP contribution >= 0.6 is 0 Å². The summed E-state index contributed by atoms with van der Waals surface area (Å²) in [5.74, 6) is -0.421. The number of primary amides is 1. The van der Waals surface area contributed by atoms with Crippen LogP contribution in [0, 0.1) is 0 Å². The van der Waals surface area contributed by atoms with Gasteiger partial charge in [0.1, 0.15) is 0 Å². The molecule has 0 aromatic carbocycles. The lowest BCUT2D eigenvalue weighted by molar-refractivity contribution is -0.124. The molecule has 0 heterocycles. The SMILES string of the molecule is CN(CCC(C)(NC1CC1)C(N)=O)CC(F)F. The first-order chi connectivity index (χ1) is 7.83. The monoisotopic (exact) mass is 249 g/mol. The summed E-state index contributed by atoms with van der Waals surface area (Å²) in [6.45, 7) is 1.88. The van der Waals surface area contributed by atoms with E-state index >= 15 is 0 Å². The Morgan fingerprint density at radius 3 is 2.59 bits per heavy atom. The number of hydrogen-bond donors (Lipinski definition) is 2. The van der Waals surface area contributed by atoms with Crippen LogP contribution in [0.1, 0.15) is 26.2 Å². The number of rotatable bonds is 8. The van der Waals surface area contributed by atoms with Crippen LogP contribution in [0.4, 0.5) is 8.78 Å². The molecular formula is C11H21F2N3O. The molecule has 6 heteroatoms. The highest BCUT2D eigenvalue weighted by molar-refractivity contribution is 5.84. The molecule has 1 aliphatic rings. The molecule has 0 saturated heterocycles. The van der Waals surface area contributed by atoms with E-state index in [9.17, 15) is 13.6 Å². The minimum Gasteiger partial charge on any atom is -0.368 e. The molecule has 1 rings (SSSR count). The van der Waals surface area contributed by atoms with Gasteiger partial charge in [0.05, 0.1) is 12.1 Å². The molecule has 1 fully saturated rings. The highest BCUT2D eigenvalue weighted by atomic mass is 19.3. The minimum atomic E-state index is -2.35. The van der Waals surface area contributed by atoms with Gasteiger partial charge in [0.25, 0.3) is 6.43 Å². The van der Waals surface area contributed by atoms with E-state index in [1.165, 1.54) is 4.90 Å². The zero-order valence-electron chi connectivity index (χ0n) is 10.4. The number of carbonyl (C=O) groups is 1. The van der Waals surface area contributed by atoms with Gasteiger partial charge in [-0.2, -0.15) is 0 Å². The second-order valence-electron chi connectivity index (χ2n) is 5.02. The molecule has 3 N–H and O–H groups in total. The smallest absolute Gasteiger partial charge is 0.251 e. The summed E-state index contributed by atoms with van der Waals surface area (Å²) >= 11 is 0. The fourth-order valence-corrected chi connectivity index (χ4v) is 1.69. The molecule has 1 saturated carbocycles. The fraction of sp³-hybridized carbons (Fsp3) is 0.909. The van der Waals surface area contributed by atoms with E-state index in [4.69, 9.17) is 5.73 Å². The van der Waals surface area contributed by atoms with Crippen molar-refractivity contribution in [3.63, 3.8) is 0 Å². The molecule has 0 bridgehead atoms. The molecule has 0 aliphatic heterocycles. The Morgan fingerprint density at radius 2 is 2.18 bits per heavy atom. The maximum atomic E-state index is 12.1. The Labute approximate surface area is 101 Å². The predicted octanol–water partition coefficient (Wildman–Crippen LogP) is 0.569. The molecule has 1 aliphatic carbocycles. The molecule has 17 heavy (non-hydrogen) atoms.